The molecule has 2 amide bonds. The number of amides is 2. The summed E-state index contributed by atoms with van der Waals surface area (Å²) in [6.45, 7) is 7.46. The topological polar surface area (TPSA) is 40.6 Å². The first kappa shape index (κ1) is 26.1. The number of hydrogen-bond acceptors (Lipinski definition) is 3. The molecule has 0 unspecified atom stereocenters. The van der Waals surface area contributed by atoms with Crippen LogP contribution in [-0.2, 0) is 17.9 Å². The molecule has 0 saturated heterocycles. The maximum atomic E-state index is 13.6. The van der Waals surface area contributed by atoms with Gasteiger partial charge < -0.3 is 9.80 Å². The smallest absolute Gasteiger partial charge is 0.254 e. The van der Waals surface area contributed by atoms with Gasteiger partial charge in [0.2, 0.25) is 5.91 Å². The molecule has 1 heterocycles. The normalized spacial score (nSPS) is 11.8. The van der Waals surface area contributed by atoms with Crippen molar-refractivity contribution >= 4 is 39.1 Å². The zero-order valence-corrected chi connectivity index (χ0v) is 22.2. The van der Waals surface area contributed by atoms with Crippen LogP contribution >= 0.6 is 27.3 Å². The van der Waals surface area contributed by atoms with Crippen LogP contribution < -0.4 is 0 Å². The van der Waals surface area contributed by atoms with Crippen molar-refractivity contribution in [2.45, 2.75) is 40.3 Å². The molecule has 3 aromatic rings. The van der Waals surface area contributed by atoms with E-state index in [1.165, 1.54) is 17.0 Å². The van der Waals surface area contributed by atoms with E-state index in [2.05, 4.69) is 29.8 Å². The number of nitrogens with zero attached hydrogens (tertiary/aromatic N) is 2. The van der Waals surface area contributed by atoms with Crippen LogP contribution in [0.5, 0.6) is 0 Å². The van der Waals surface area contributed by atoms with Crippen LogP contribution in [0.4, 0.5) is 4.39 Å². The van der Waals surface area contributed by atoms with Gasteiger partial charge in [0.05, 0.1) is 6.54 Å². The summed E-state index contributed by atoms with van der Waals surface area (Å²) in [5.41, 5.74) is 1.39. The molecule has 0 aliphatic heterocycles. The number of carbonyl (C=O) groups excluding carboxylic acids is 2. The highest BCUT2D eigenvalue weighted by atomic mass is 79.9. The lowest BCUT2D eigenvalue weighted by Gasteiger charge is -2.29. The fourth-order valence-electron chi connectivity index (χ4n) is 3.59. The lowest BCUT2D eigenvalue weighted by molar-refractivity contribution is -0.133. The molecule has 0 N–H and O–H groups in total. The Bertz CT molecular complexity index is 1120. The summed E-state index contributed by atoms with van der Waals surface area (Å²) in [4.78, 5) is 32.6. The Balaban J connectivity index is 1.84. The van der Waals surface area contributed by atoms with Gasteiger partial charge in [0.15, 0.2) is 0 Å². The molecule has 0 bridgehead atoms. The summed E-state index contributed by atoms with van der Waals surface area (Å²) >= 11 is 5.07. The van der Waals surface area contributed by atoms with Gasteiger partial charge in [-0.1, -0.05) is 54.4 Å². The summed E-state index contributed by atoms with van der Waals surface area (Å²) in [7, 11) is 0. The molecule has 0 spiro atoms. The molecule has 2 aromatic carbocycles. The molecule has 34 heavy (non-hydrogen) atoms. The van der Waals surface area contributed by atoms with Gasteiger partial charge in [0.1, 0.15) is 12.4 Å². The SMILES string of the molecule is CC[C@H](C)CN(CC(=O)N(Cc1ccc(F)cc1)Cc1ccc(C)s1)C(=O)c1cccc(Br)c1. The van der Waals surface area contributed by atoms with E-state index < -0.39 is 0 Å². The van der Waals surface area contributed by atoms with Gasteiger partial charge in [0, 0.05) is 32.9 Å². The third kappa shape index (κ3) is 7.50. The van der Waals surface area contributed by atoms with Gasteiger partial charge >= 0.3 is 0 Å². The zero-order valence-electron chi connectivity index (χ0n) is 19.8. The van der Waals surface area contributed by atoms with Crippen molar-refractivity contribution in [3.8, 4) is 0 Å². The largest absolute Gasteiger partial charge is 0.332 e. The van der Waals surface area contributed by atoms with Crippen LogP contribution in [-0.4, -0.2) is 34.7 Å². The number of benzene rings is 2. The predicted molar refractivity (Wildman–Crippen MR) is 139 cm³/mol. The van der Waals surface area contributed by atoms with Crippen LogP contribution in [0.25, 0.3) is 0 Å². The summed E-state index contributed by atoms with van der Waals surface area (Å²) in [6, 6.07) is 17.5. The van der Waals surface area contributed by atoms with E-state index in [0.29, 0.717) is 25.2 Å². The van der Waals surface area contributed by atoms with Gasteiger partial charge in [-0.2, -0.15) is 0 Å². The van der Waals surface area contributed by atoms with Crippen molar-refractivity contribution in [2.75, 3.05) is 13.1 Å². The van der Waals surface area contributed by atoms with E-state index in [-0.39, 0.29) is 30.1 Å². The second-order valence-corrected chi connectivity index (χ2v) is 10.9. The standard InChI is InChI=1S/C27H30BrFN2O2S/c1-4-19(2)15-31(27(33)22-6-5-7-23(28)14-22)18-26(32)30(17-25-13-8-20(3)34-25)16-21-9-11-24(29)12-10-21/h5-14,19H,4,15-18H2,1-3H3/t19-/m0/s1. The highest BCUT2D eigenvalue weighted by Gasteiger charge is 2.24. The Morgan fingerprint density at radius 3 is 2.38 bits per heavy atom. The Labute approximate surface area is 213 Å². The number of aryl methyl sites for hydroxylation is 1. The van der Waals surface area contributed by atoms with Crippen molar-refractivity contribution in [2.24, 2.45) is 5.92 Å². The molecule has 7 heteroatoms. The zero-order chi connectivity index (χ0) is 24.7. The summed E-state index contributed by atoms with van der Waals surface area (Å²) in [5.74, 6) is -0.352. The van der Waals surface area contributed by atoms with E-state index in [0.717, 1.165) is 21.3 Å². The number of rotatable bonds is 10. The van der Waals surface area contributed by atoms with Crippen molar-refractivity contribution in [1.82, 2.24) is 9.80 Å². The molecule has 0 saturated carbocycles. The highest BCUT2D eigenvalue weighted by Crippen LogP contribution is 2.20. The average molecular weight is 546 g/mol. The van der Waals surface area contributed by atoms with Gasteiger partial charge in [-0.05, 0) is 60.9 Å². The Kier molecular flexibility index (Phi) is 9.42. The first-order valence-electron chi connectivity index (χ1n) is 11.4. The second-order valence-electron chi connectivity index (χ2n) is 8.60. The minimum absolute atomic E-state index is 0.0127. The van der Waals surface area contributed by atoms with E-state index in [1.807, 2.05) is 31.2 Å². The fraction of sp³-hybridized carbons (Fsp3) is 0.333. The number of carbonyl (C=O) groups is 2. The molecule has 4 nitrogen and oxygen atoms in total. The third-order valence-corrected chi connectivity index (χ3v) is 7.17. The van der Waals surface area contributed by atoms with Crippen molar-refractivity contribution in [3.63, 3.8) is 0 Å². The number of hydrogen-bond donors (Lipinski definition) is 0. The lowest BCUT2D eigenvalue weighted by atomic mass is 10.1. The Morgan fingerprint density at radius 2 is 1.76 bits per heavy atom. The van der Waals surface area contributed by atoms with Gasteiger partial charge in [-0.3, -0.25) is 9.59 Å². The molecule has 1 aromatic heterocycles. The highest BCUT2D eigenvalue weighted by molar-refractivity contribution is 9.10. The minimum atomic E-state index is -0.310. The predicted octanol–water partition coefficient (Wildman–Crippen LogP) is 6.68. The number of halogens is 2. The van der Waals surface area contributed by atoms with Crippen molar-refractivity contribution < 1.29 is 14.0 Å². The average Bonchev–Trinajstić information content (AvgIpc) is 3.23. The lowest BCUT2D eigenvalue weighted by Crippen LogP contribution is -2.44. The van der Waals surface area contributed by atoms with Crippen molar-refractivity contribution in [1.29, 1.82) is 0 Å². The third-order valence-electron chi connectivity index (χ3n) is 5.70. The van der Waals surface area contributed by atoms with E-state index in [4.69, 9.17) is 0 Å². The molecule has 180 valence electrons. The first-order chi connectivity index (χ1) is 16.2. The van der Waals surface area contributed by atoms with Gasteiger partial charge in [-0.25, -0.2) is 4.39 Å². The van der Waals surface area contributed by atoms with Gasteiger partial charge in [-0.15, -0.1) is 11.3 Å². The summed E-state index contributed by atoms with van der Waals surface area (Å²) < 4.78 is 14.2. The van der Waals surface area contributed by atoms with Crippen LogP contribution in [0.15, 0.2) is 65.1 Å². The van der Waals surface area contributed by atoms with E-state index >= 15 is 0 Å². The van der Waals surface area contributed by atoms with Crippen LogP contribution in [0.1, 0.15) is 45.9 Å². The maximum absolute atomic E-state index is 13.6. The number of thiophene rings is 1. The Morgan fingerprint density at radius 1 is 1.03 bits per heavy atom. The monoisotopic (exact) mass is 544 g/mol. The van der Waals surface area contributed by atoms with Crippen LogP contribution in [0, 0.1) is 18.7 Å². The molecule has 0 aliphatic rings. The first-order valence-corrected chi connectivity index (χ1v) is 13.0. The molecule has 1 atom stereocenters. The van der Waals surface area contributed by atoms with E-state index in [9.17, 15) is 14.0 Å². The van der Waals surface area contributed by atoms with E-state index in [1.54, 1.807) is 45.4 Å². The minimum Gasteiger partial charge on any atom is -0.332 e. The molecular weight excluding hydrogens is 515 g/mol. The molecular formula is C27H30BrFN2O2S. The van der Waals surface area contributed by atoms with Crippen molar-refractivity contribution in [3.05, 3.63) is 91.8 Å². The second kappa shape index (κ2) is 12.3. The molecule has 0 fully saturated rings. The quantitative estimate of drug-likeness (QED) is 0.285. The molecule has 0 aliphatic carbocycles. The Hall–Kier alpha value is -2.51. The summed E-state index contributed by atoms with van der Waals surface area (Å²) in [6.07, 6.45) is 0.907. The van der Waals surface area contributed by atoms with Crippen LogP contribution in [0.3, 0.4) is 0 Å². The summed E-state index contributed by atoms with van der Waals surface area (Å²) in [5, 5.41) is 0. The molecule has 3 rings (SSSR count). The molecule has 0 radical (unpaired) electrons. The maximum Gasteiger partial charge on any atom is 0.254 e. The van der Waals surface area contributed by atoms with Crippen LogP contribution in [0.2, 0.25) is 0 Å². The van der Waals surface area contributed by atoms with Gasteiger partial charge in [0.25, 0.3) is 5.91 Å². The fourth-order valence-corrected chi connectivity index (χ4v) is 4.90.